The molecule has 0 bridgehead atoms. The summed E-state index contributed by atoms with van der Waals surface area (Å²) >= 11 is 5.91. The number of carbonyl (C=O) groups is 1. The van der Waals surface area contributed by atoms with Crippen LogP contribution in [0.2, 0.25) is 5.02 Å². The van der Waals surface area contributed by atoms with E-state index < -0.39 is 15.9 Å². The second-order valence-electron chi connectivity index (χ2n) is 4.53. The van der Waals surface area contributed by atoms with Crippen LogP contribution in [0.3, 0.4) is 0 Å². The Bertz CT molecular complexity index is 837. The van der Waals surface area contributed by atoms with E-state index in [0.717, 1.165) is 0 Å². The van der Waals surface area contributed by atoms with Crippen molar-refractivity contribution in [3.05, 3.63) is 53.1 Å². The lowest BCUT2D eigenvalue weighted by molar-refractivity contribution is 0.102. The highest BCUT2D eigenvalue weighted by Gasteiger charge is 2.15. The standard InChI is InChI=1S/C15H15ClN2O4S/c1-17-23(20,21)12-5-3-4-10(8-12)15(19)18-13-9-11(16)6-7-14(13)22-2/h3-9,17H,1-2H3,(H,18,19). The lowest BCUT2D eigenvalue weighted by Crippen LogP contribution is -2.19. The zero-order chi connectivity index (χ0) is 17.0. The third kappa shape index (κ3) is 4.01. The summed E-state index contributed by atoms with van der Waals surface area (Å²) in [6.07, 6.45) is 0. The number of amides is 1. The smallest absolute Gasteiger partial charge is 0.255 e. The van der Waals surface area contributed by atoms with Gasteiger partial charge in [-0.25, -0.2) is 13.1 Å². The van der Waals surface area contributed by atoms with Crippen molar-refractivity contribution in [2.24, 2.45) is 0 Å². The Morgan fingerprint density at radius 1 is 1.17 bits per heavy atom. The zero-order valence-corrected chi connectivity index (χ0v) is 14.0. The molecule has 0 saturated heterocycles. The number of hydrogen-bond acceptors (Lipinski definition) is 4. The molecular weight excluding hydrogens is 340 g/mol. The van der Waals surface area contributed by atoms with Crippen molar-refractivity contribution in [1.29, 1.82) is 0 Å². The van der Waals surface area contributed by atoms with Gasteiger partial charge in [0.15, 0.2) is 0 Å². The number of hydrogen-bond donors (Lipinski definition) is 2. The zero-order valence-electron chi connectivity index (χ0n) is 12.5. The van der Waals surface area contributed by atoms with Gasteiger partial charge in [-0.2, -0.15) is 0 Å². The molecule has 0 aliphatic heterocycles. The minimum atomic E-state index is -3.62. The molecule has 0 saturated carbocycles. The van der Waals surface area contributed by atoms with Gasteiger partial charge in [-0.05, 0) is 43.4 Å². The van der Waals surface area contributed by atoms with Gasteiger partial charge in [-0.1, -0.05) is 17.7 Å². The number of sulfonamides is 1. The second kappa shape index (κ2) is 6.99. The average Bonchev–Trinajstić information content (AvgIpc) is 2.55. The van der Waals surface area contributed by atoms with Crippen LogP contribution in [0, 0.1) is 0 Å². The Kier molecular flexibility index (Phi) is 5.25. The number of rotatable bonds is 5. The molecule has 0 aliphatic carbocycles. The number of benzene rings is 2. The van der Waals surface area contributed by atoms with Crippen molar-refractivity contribution in [1.82, 2.24) is 4.72 Å². The van der Waals surface area contributed by atoms with E-state index in [1.54, 1.807) is 18.2 Å². The van der Waals surface area contributed by atoms with Crippen LogP contribution < -0.4 is 14.8 Å². The van der Waals surface area contributed by atoms with E-state index in [0.29, 0.717) is 16.5 Å². The molecule has 0 fully saturated rings. The van der Waals surface area contributed by atoms with Crippen LogP contribution in [0.25, 0.3) is 0 Å². The van der Waals surface area contributed by atoms with Gasteiger partial charge in [-0.3, -0.25) is 4.79 Å². The number of carbonyl (C=O) groups excluding carboxylic acids is 1. The third-order valence-corrected chi connectivity index (χ3v) is 4.73. The van der Waals surface area contributed by atoms with Gasteiger partial charge >= 0.3 is 0 Å². The van der Waals surface area contributed by atoms with Gasteiger partial charge in [0.2, 0.25) is 10.0 Å². The first-order chi connectivity index (χ1) is 10.9. The maximum Gasteiger partial charge on any atom is 0.255 e. The highest BCUT2D eigenvalue weighted by molar-refractivity contribution is 7.89. The molecule has 2 N–H and O–H groups in total. The van der Waals surface area contributed by atoms with Crippen molar-refractivity contribution in [2.75, 3.05) is 19.5 Å². The van der Waals surface area contributed by atoms with E-state index in [1.807, 2.05) is 0 Å². The van der Waals surface area contributed by atoms with Gasteiger partial charge in [-0.15, -0.1) is 0 Å². The first kappa shape index (κ1) is 17.3. The molecule has 8 heteroatoms. The average molecular weight is 355 g/mol. The Balaban J connectivity index is 2.32. The molecule has 23 heavy (non-hydrogen) atoms. The lowest BCUT2D eigenvalue weighted by atomic mass is 10.2. The van der Waals surface area contributed by atoms with E-state index in [4.69, 9.17) is 16.3 Å². The number of ether oxygens (including phenoxy) is 1. The summed E-state index contributed by atoms with van der Waals surface area (Å²) in [6.45, 7) is 0. The minimum absolute atomic E-state index is 0.00529. The summed E-state index contributed by atoms with van der Waals surface area (Å²) in [5.74, 6) is -0.0273. The molecule has 0 spiro atoms. The SMILES string of the molecule is CNS(=O)(=O)c1cccc(C(=O)Nc2cc(Cl)ccc2OC)c1. The van der Waals surface area contributed by atoms with Crippen molar-refractivity contribution < 1.29 is 17.9 Å². The Labute approximate surface area is 139 Å². The maximum atomic E-state index is 12.3. The number of halogens is 1. The van der Waals surface area contributed by atoms with Crippen molar-refractivity contribution in [3.8, 4) is 5.75 Å². The van der Waals surface area contributed by atoms with E-state index >= 15 is 0 Å². The summed E-state index contributed by atoms with van der Waals surface area (Å²) in [4.78, 5) is 12.3. The summed E-state index contributed by atoms with van der Waals surface area (Å²) in [6, 6.07) is 10.5. The summed E-state index contributed by atoms with van der Waals surface area (Å²) in [7, 11) is -0.847. The molecule has 2 aromatic carbocycles. The van der Waals surface area contributed by atoms with E-state index in [1.165, 1.54) is 38.4 Å². The molecule has 0 heterocycles. The summed E-state index contributed by atoms with van der Waals surface area (Å²) in [5, 5.41) is 3.09. The van der Waals surface area contributed by atoms with Gasteiger partial charge in [0.05, 0.1) is 17.7 Å². The monoisotopic (exact) mass is 354 g/mol. The molecule has 2 aromatic rings. The predicted octanol–water partition coefficient (Wildman–Crippen LogP) is 2.51. The Morgan fingerprint density at radius 3 is 2.57 bits per heavy atom. The van der Waals surface area contributed by atoms with E-state index in [2.05, 4.69) is 10.0 Å². The predicted molar refractivity (Wildman–Crippen MR) is 88.6 cm³/mol. The van der Waals surface area contributed by atoms with Gasteiger partial charge in [0, 0.05) is 10.6 Å². The third-order valence-electron chi connectivity index (χ3n) is 3.08. The maximum absolute atomic E-state index is 12.3. The quantitative estimate of drug-likeness (QED) is 0.864. The molecule has 2 rings (SSSR count). The fraction of sp³-hybridized carbons (Fsp3) is 0.133. The molecule has 0 aliphatic rings. The normalized spacial score (nSPS) is 11.1. The van der Waals surface area contributed by atoms with Crippen molar-refractivity contribution in [3.63, 3.8) is 0 Å². The Hall–Kier alpha value is -2.09. The largest absolute Gasteiger partial charge is 0.495 e. The minimum Gasteiger partial charge on any atom is -0.495 e. The highest BCUT2D eigenvalue weighted by Crippen LogP contribution is 2.28. The highest BCUT2D eigenvalue weighted by atomic mass is 35.5. The number of methoxy groups -OCH3 is 1. The molecular formula is C15H15ClN2O4S. The van der Waals surface area contributed by atoms with Crippen LogP contribution in [-0.2, 0) is 10.0 Å². The fourth-order valence-corrected chi connectivity index (χ4v) is 2.84. The van der Waals surface area contributed by atoms with Gasteiger partial charge < -0.3 is 10.1 Å². The molecule has 0 aromatic heterocycles. The number of nitrogens with one attached hydrogen (secondary N) is 2. The molecule has 1 amide bonds. The van der Waals surface area contributed by atoms with E-state index in [9.17, 15) is 13.2 Å². The van der Waals surface area contributed by atoms with Crippen molar-refractivity contribution in [2.45, 2.75) is 4.90 Å². The lowest BCUT2D eigenvalue weighted by Gasteiger charge is -2.11. The molecule has 6 nitrogen and oxygen atoms in total. The van der Waals surface area contributed by atoms with Crippen LogP contribution in [0.4, 0.5) is 5.69 Å². The number of anilines is 1. The fourth-order valence-electron chi connectivity index (χ4n) is 1.89. The van der Waals surface area contributed by atoms with Crippen LogP contribution in [0.5, 0.6) is 5.75 Å². The summed E-state index contributed by atoms with van der Waals surface area (Å²) < 4.78 is 31.0. The molecule has 0 radical (unpaired) electrons. The van der Waals surface area contributed by atoms with Crippen molar-refractivity contribution >= 4 is 33.2 Å². The van der Waals surface area contributed by atoms with Crippen LogP contribution in [0.1, 0.15) is 10.4 Å². The molecule has 122 valence electrons. The van der Waals surface area contributed by atoms with Gasteiger partial charge in [0.1, 0.15) is 5.75 Å². The Morgan fingerprint density at radius 2 is 1.91 bits per heavy atom. The van der Waals surface area contributed by atoms with Crippen LogP contribution in [0.15, 0.2) is 47.4 Å². The summed E-state index contributed by atoms with van der Waals surface area (Å²) in [5.41, 5.74) is 0.593. The molecule has 0 unspecified atom stereocenters. The van der Waals surface area contributed by atoms with Crippen LogP contribution in [-0.4, -0.2) is 28.5 Å². The van der Waals surface area contributed by atoms with Gasteiger partial charge in [0.25, 0.3) is 5.91 Å². The van der Waals surface area contributed by atoms with Crippen LogP contribution >= 0.6 is 11.6 Å². The van der Waals surface area contributed by atoms with E-state index in [-0.39, 0.29) is 10.5 Å². The molecule has 0 atom stereocenters. The second-order valence-corrected chi connectivity index (χ2v) is 6.86. The topological polar surface area (TPSA) is 84.5 Å². The first-order valence-electron chi connectivity index (χ1n) is 6.56. The first-order valence-corrected chi connectivity index (χ1v) is 8.42.